The summed E-state index contributed by atoms with van der Waals surface area (Å²) in [6.07, 6.45) is 6.83. The molecule has 7 nitrogen and oxygen atoms in total. The van der Waals surface area contributed by atoms with Gasteiger partial charge in [0, 0.05) is 19.1 Å². The van der Waals surface area contributed by atoms with Crippen LogP contribution in [0.2, 0.25) is 0 Å². The Labute approximate surface area is 191 Å². The number of carbonyl (C=O) groups is 2. The van der Waals surface area contributed by atoms with E-state index in [1.807, 2.05) is 35.8 Å². The Kier molecular flexibility index (Phi) is 6.84. The molecule has 1 aromatic heterocycles. The van der Waals surface area contributed by atoms with E-state index in [1.165, 1.54) is 12.8 Å². The van der Waals surface area contributed by atoms with Crippen molar-refractivity contribution >= 4 is 22.8 Å². The van der Waals surface area contributed by atoms with Crippen LogP contribution in [0.3, 0.4) is 0 Å². The number of nitrogens with one attached hydrogen (secondary N) is 1. The molecule has 0 spiro atoms. The first-order chi connectivity index (χ1) is 15.5. The maximum atomic E-state index is 13.8. The van der Waals surface area contributed by atoms with Gasteiger partial charge < -0.3 is 19.7 Å². The van der Waals surface area contributed by atoms with Crippen molar-refractivity contribution in [3.63, 3.8) is 0 Å². The molecule has 1 aliphatic heterocycles. The molecule has 2 aromatic rings. The fourth-order valence-electron chi connectivity index (χ4n) is 5.23. The van der Waals surface area contributed by atoms with Gasteiger partial charge in [0.2, 0.25) is 5.91 Å². The number of fused-ring (bicyclic) bond motifs is 3. The predicted octanol–water partition coefficient (Wildman–Crippen LogP) is 3.43. The van der Waals surface area contributed by atoms with Crippen LogP contribution in [0.25, 0.3) is 11.0 Å². The van der Waals surface area contributed by atoms with E-state index in [0.717, 1.165) is 56.4 Å². The van der Waals surface area contributed by atoms with Crippen molar-refractivity contribution in [2.75, 3.05) is 26.2 Å². The summed E-state index contributed by atoms with van der Waals surface area (Å²) in [5, 5.41) is 3.33. The molecule has 0 saturated heterocycles. The Morgan fingerprint density at radius 3 is 2.53 bits per heavy atom. The molecule has 2 heterocycles. The highest BCUT2D eigenvalue weighted by Crippen LogP contribution is 2.31. The van der Waals surface area contributed by atoms with Gasteiger partial charge in [0.05, 0.1) is 17.6 Å². The van der Waals surface area contributed by atoms with Gasteiger partial charge in [-0.05, 0) is 45.0 Å². The van der Waals surface area contributed by atoms with Crippen LogP contribution in [-0.2, 0) is 11.3 Å². The van der Waals surface area contributed by atoms with Crippen molar-refractivity contribution in [3.05, 3.63) is 30.1 Å². The SMILES string of the molecule is CCN(CC)CCN1C(=O)c2nc3ccccc3n2CC1(C)C(=O)NC1CCCCCC1. The third-order valence-corrected chi connectivity index (χ3v) is 7.37. The first-order valence-corrected chi connectivity index (χ1v) is 12.3. The van der Waals surface area contributed by atoms with Gasteiger partial charge in [0.1, 0.15) is 5.54 Å². The number of nitrogens with zero attached hydrogens (tertiary/aromatic N) is 4. The van der Waals surface area contributed by atoms with E-state index in [4.69, 9.17) is 0 Å². The second-order valence-electron chi connectivity index (χ2n) is 9.43. The third kappa shape index (κ3) is 4.27. The van der Waals surface area contributed by atoms with Crippen molar-refractivity contribution in [3.8, 4) is 0 Å². The number of aromatic nitrogens is 2. The number of likely N-dealkylation sites (N-methyl/N-ethyl adjacent to an activating group) is 1. The van der Waals surface area contributed by atoms with Gasteiger partial charge in [0.15, 0.2) is 5.82 Å². The molecule has 0 bridgehead atoms. The highest BCUT2D eigenvalue weighted by molar-refractivity contribution is 6.01. The van der Waals surface area contributed by atoms with Crippen LogP contribution < -0.4 is 5.32 Å². The number of hydrogen-bond acceptors (Lipinski definition) is 4. The van der Waals surface area contributed by atoms with Gasteiger partial charge >= 0.3 is 0 Å². The fraction of sp³-hybridized carbons (Fsp3) is 0.640. The summed E-state index contributed by atoms with van der Waals surface area (Å²) in [6.45, 7) is 9.69. The molecule has 0 radical (unpaired) electrons. The van der Waals surface area contributed by atoms with Crippen molar-refractivity contribution in [2.45, 2.75) is 77.4 Å². The zero-order chi connectivity index (χ0) is 22.7. The third-order valence-electron chi connectivity index (χ3n) is 7.37. The van der Waals surface area contributed by atoms with Crippen LogP contribution in [0.4, 0.5) is 0 Å². The van der Waals surface area contributed by atoms with Gasteiger partial charge in [0.25, 0.3) is 5.91 Å². The molecule has 174 valence electrons. The average molecular weight is 440 g/mol. The van der Waals surface area contributed by atoms with Crippen molar-refractivity contribution < 1.29 is 9.59 Å². The summed E-state index contributed by atoms with van der Waals surface area (Å²) in [5.41, 5.74) is 0.758. The number of imidazole rings is 1. The first kappa shape index (κ1) is 22.8. The molecule has 1 aromatic carbocycles. The molecule has 1 unspecified atom stereocenters. The lowest BCUT2D eigenvalue weighted by molar-refractivity contribution is -0.133. The van der Waals surface area contributed by atoms with Crippen molar-refractivity contribution in [1.29, 1.82) is 0 Å². The van der Waals surface area contributed by atoms with E-state index in [2.05, 4.69) is 29.0 Å². The van der Waals surface area contributed by atoms with Crippen molar-refractivity contribution in [1.82, 2.24) is 24.7 Å². The summed E-state index contributed by atoms with van der Waals surface area (Å²) in [6, 6.07) is 7.99. The van der Waals surface area contributed by atoms with Crippen LogP contribution in [-0.4, -0.2) is 68.9 Å². The standard InChI is InChI=1S/C25H37N5O2/c1-4-28(5-2)16-17-30-23(31)22-27-20-14-10-11-15-21(20)29(22)18-25(30,3)24(32)26-19-12-8-6-7-9-13-19/h10-11,14-15,19H,4-9,12-13,16-18H2,1-3H3,(H,26,32). The average Bonchev–Trinajstić information content (AvgIpc) is 2.97. The van der Waals surface area contributed by atoms with Crippen LogP contribution in [0, 0.1) is 0 Å². The van der Waals surface area contributed by atoms with Crippen LogP contribution >= 0.6 is 0 Å². The topological polar surface area (TPSA) is 70.5 Å². The lowest BCUT2D eigenvalue weighted by Gasteiger charge is -2.44. The Balaban J connectivity index is 1.67. The number of amides is 2. The Morgan fingerprint density at radius 2 is 1.84 bits per heavy atom. The molecule has 4 rings (SSSR count). The molecular formula is C25H37N5O2. The lowest BCUT2D eigenvalue weighted by atomic mass is 9.94. The van der Waals surface area contributed by atoms with Crippen LogP contribution in [0.1, 0.15) is 69.9 Å². The quantitative estimate of drug-likeness (QED) is 0.671. The predicted molar refractivity (Wildman–Crippen MR) is 127 cm³/mol. The molecule has 2 aliphatic rings. The van der Waals surface area contributed by atoms with E-state index in [0.29, 0.717) is 18.9 Å². The van der Waals surface area contributed by atoms with Crippen LogP contribution in [0.15, 0.2) is 24.3 Å². The number of hydrogen-bond donors (Lipinski definition) is 1. The number of carbonyl (C=O) groups excluding carboxylic acids is 2. The van der Waals surface area contributed by atoms with E-state index < -0.39 is 5.54 Å². The molecule has 1 atom stereocenters. The summed E-state index contributed by atoms with van der Waals surface area (Å²) in [7, 11) is 0. The molecule has 1 saturated carbocycles. The summed E-state index contributed by atoms with van der Waals surface area (Å²) in [4.78, 5) is 36.1. The van der Waals surface area contributed by atoms with E-state index in [9.17, 15) is 9.59 Å². The number of benzene rings is 1. The maximum absolute atomic E-state index is 13.8. The fourth-order valence-corrected chi connectivity index (χ4v) is 5.23. The zero-order valence-corrected chi connectivity index (χ0v) is 19.8. The minimum Gasteiger partial charge on any atom is -0.351 e. The highest BCUT2D eigenvalue weighted by atomic mass is 16.2. The lowest BCUT2D eigenvalue weighted by Crippen LogP contribution is -2.65. The maximum Gasteiger partial charge on any atom is 0.290 e. The minimum atomic E-state index is -0.951. The van der Waals surface area contributed by atoms with Crippen LogP contribution in [0.5, 0.6) is 0 Å². The molecule has 1 fully saturated rings. The summed E-state index contributed by atoms with van der Waals surface area (Å²) in [5.74, 6) is 0.240. The van der Waals surface area contributed by atoms with E-state index in [-0.39, 0.29) is 17.9 Å². The largest absolute Gasteiger partial charge is 0.351 e. The molecule has 7 heteroatoms. The molecule has 32 heavy (non-hydrogen) atoms. The summed E-state index contributed by atoms with van der Waals surface area (Å²) >= 11 is 0. The van der Waals surface area contributed by atoms with Gasteiger partial charge in [-0.3, -0.25) is 9.59 Å². The Bertz CT molecular complexity index is 958. The smallest absolute Gasteiger partial charge is 0.290 e. The Morgan fingerprint density at radius 1 is 1.16 bits per heavy atom. The van der Waals surface area contributed by atoms with E-state index >= 15 is 0 Å². The Hall–Kier alpha value is -2.41. The monoisotopic (exact) mass is 439 g/mol. The molecule has 1 N–H and O–H groups in total. The number of para-hydroxylation sites is 2. The normalized spacial score (nSPS) is 22.2. The second kappa shape index (κ2) is 9.61. The molecule has 2 amide bonds. The number of rotatable bonds is 7. The molecular weight excluding hydrogens is 402 g/mol. The van der Waals surface area contributed by atoms with Gasteiger partial charge in [-0.1, -0.05) is 51.7 Å². The highest BCUT2D eigenvalue weighted by Gasteiger charge is 2.48. The zero-order valence-electron chi connectivity index (χ0n) is 19.8. The van der Waals surface area contributed by atoms with Gasteiger partial charge in [-0.25, -0.2) is 4.98 Å². The van der Waals surface area contributed by atoms with E-state index in [1.54, 1.807) is 4.90 Å². The van der Waals surface area contributed by atoms with Crippen molar-refractivity contribution in [2.24, 2.45) is 0 Å². The molecule has 1 aliphatic carbocycles. The van der Waals surface area contributed by atoms with Gasteiger partial charge in [-0.15, -0.1) is 0 Å². The minimum absolute atomic E-state index is 0.0410. The second-order valence-corrected chi connectivity index (χ2v) is 9.43. The first-order valence-electron chi connectivity index (χ1n) is 12.3. The van der Waals surface area contributed by atoms with Gasteiger partial charge in [-0.2, -0.15) is 0 Å². The summed E-state index contributed by atoms with van der Waals surface area (Å²) < 4.78 is 1.94.